The molecule has 56 valence electrons. The number of benzene rings is 1. The van der Waals surface area contributed by atoms with E-state index in [4.69, 9.17) is 0 Å². The van der Waals surface area contributed by atoms with Gasteiger partial charge in [-0.1, -0.05) is 30.3 Å². The fourth-order valence-corrected chi connectivity index (χ4v) is 1.50. The summed E-state index contributed by atoms with van der Waals surface area (Å²) in [6, 6.07) is 10.2. The van der Waals surface area contributed by atoms with E-state index >= 15 is 0 Å². The first kappa shape index (κ1) is 6.76. The predicted molar refractivity (Wildman–Crippen MR) is 48.3 cm³/mol. The third kappa shape index (κ3) is 1.39. The minimum atomic E-state index is 1.13. The molecule has 3 heteroatoms. The van der Waals surface area contributed by atoms with Crippen LogP contribution in [0.3, 0.4) is 0 Å². The molecule has 0 bridgehead atoms. The number of rotatable bonds is 1. The highest BCUT2D eigenvalue weighted by molar-refractivity contribution is 8.00. The lowest BCUT2D eigenvalue weighted by Crippen LogP contribution is -2.17. The smallest absolute Gasteiger partial charge is 0.0645 e. The van der Waals surface area contributed by atoms with Gasteiger partial charge in [-0.2, -0.15) is 4.83 Å². The molecule has 0 amide bonds. The van der Waals surface area contributed by atoms with Gasteiger partial charge in [-0.15, -0.1) is 0 Å². The molecule has 1 heterocycles. The van der Waals surface area contributed by atoms with E-state index in [1.807, 2.05) is 18.2 Å². The zero-order valence-corrected chi connectivity index (χ0v) is 6.69. The van der Waals surface area contributed by atoms with Gasteiger partial charge in [-0.05, 0) is 17.5 Å². The summed E-state index contributed by atoms with van der Waals surface area (Å²) in [6.45, 7) is 0. The Morgan fingerprint density at radius 2 is 1.91 bits per heavy atom. The van der Waals surface area contributed by atoms with Crippen LogP contribution in [0.1, 0.15) is 5.56 Å². The lowest BCUT2D eigenvalue weighted by molar-refractivity contribution is 0.917. The van der Waals surface area contributed by atoms with Crippen LogP contribution in [0, 0.1) is 0 Å². The summed E-state index contributed by atoms with van der Waals surface area (Å²) < 4.78 is 0. The molecule has 1 aromatic rings. The van der Waals surface area contributed by atoms with Crippen molar-refractivity contribution in [2.24, 2.45) is 0 Å². The van der Waals surface area contributed by atoms with Gasteiger partial charge in [-0.3, -0.25) is 0 Å². The second kappa shape index (κ2) is 2.98. The van der Waals surface area contributed by atoms with Gasteiger partial charge in [0.25, 0.3) is 0 Å². The van der Waals surface area contributed by atoms with E-state index in [1.165, 1.54) is 5.56 Å². The Labute approximate surface area is 69.8 Å². The van der Waals surface area contributed by atoms with Crippen LogP contribution >= 0.6 is 11.9 Å². The molecule has 0 unspecified atom stereocenters. The highest BCUT2D eigenvalue weighted by Crippen LogP contribution is 2.17. The molecule has 0 fully saturated rings. The van der Waals surface area contributed by atoms with E-state index in [-0.39, 0.29) is 0 Å². The highest BCUT2D eigenvalue weighted by Gasteiger charge is 2.03. The molecule has 2 N–H and O–H groups in total. The second-order valence-electron chi connectivity index (χ2n) is 2.24. The molecule has 2 nitrogen and oxygen atoms in total. The van der Waals surface area contributed by atoms with Gasteiger partial charge in [0.15, 0.2) is 0 Å². The van der Waals surface area contributed by atoms with Crippen LogP contribution in [0.15, 0.2) is 35.7 Å². The van der Waals surface area contributed by atoms with Crippen molar-refractivity contribution in [3.63, 3.8) is 0 Å². The maximum absolute atomic E-state index is 3.05. The summed E-state index contributed by atoms with van der Waals surface area (Å²) in [4.78, 5) is 2.94. The van der Waals surface area contributed by atoms with Crippen molar-refractivity contribution in [1.82, 2.24) is 10.3 Å². The first-order valence-electron chi connectivity index (χ1n) is 3.39. The molecule has 1 aliphatic rings. The Kier molecular flexibility index (Phi) is 1.83. The molecule has 0 saturated carbocycles. The second-order valence-corrected chi connectivity index (χ2v) is 2.92. The monoisotopic (exact) mass is 164 g/mol. The molecule has 0 radical (unpaired) electrons. The van der Waals surface area contributed by atoms with Crippen molar-refractivity contribution in [3.05, 3.63) is 41.3 Å². The molecule has 1 aromatic carbocycles. The van der Waals surface area contributed by atoms with Crippen molar-refractivity contribution in [2.45, 2.75) is 0 Å². The van der Waals surface area contributed by atoms with E-state index in [1.54, 1.807) is 11.9 Å². The third-order valence-electron chi connectivity index (χ3n) is 1.51. The minimum Gasteiger partial charge on any atom is -0.310 e. The quantitative estimate of drug-likeness (QED) is 0.618. The lowest BCUT2D eigenvalue weighted by atomic mass is 10.2. The fraction of sp³-hybridized carbons (Fsp3) is 0. The van der Waals surface area contributed by atoms with Crippen LogP contribution in [0.5, 0.6) is 0 Å². The number of nitrogens with one attached hydrogen (secondary N) is 2. The van der Waals surface area contributed by atoms with Gasteiger partial charge in [-0.25, -0.2) is 0 Å². The Hall–Kier alpha value is -0.930. The molecular formula is C8H8N2S. The SMILES string of the molecule is C1=C(c2ccccc2)NNS1. The van der Waals surface area contributed by atoms with Crippen LogP contribution in [0.25, 0.3) is 5.70 Å². The summed E-state index contributed by atoms with van der Waals surface area (Å²) in [7, 11) is 0. The van der Waals surface area contributed by atoms with E-state index in [0.717, 1.165) is 5.70 Å². The molecule has 0 aromatic heterocycles. The average molecular weight is 164 g/mol. The summed E-state index contributed by atoms with van der Waals surface area (Å²) in [6.07, 6.45) is 0. The maximum atomic E-state index is 3.05. The molecule has 0 saturated heterocycles. The van der Waals surface area contributed by atoms with Crippen molar-refractivity contribution >= 4 is 17.6 Å². The molecule has 11 heavy (non-hydrogen) atoms. The van der Waals surface area contributed by atoms with Crippen LogP contribution in [0.2, 0.25) is 0 Å². The van der Waals surface area contributed by atoms with Gasteiger partial charge in [0.2, 0.25) is 0 Å². The van der Waals surface area contributed by atoms with Gasteiger partial charge in [0.1, 0.15) is 0 Å². The van der Waals surface area contributed by atoms with Crippen LogP contribution in [-0.4, -0.2) is 0 Å². The normalized spacial score (nSPS) is 15.8. The third-order valence-corrected chi connectivity index (χ3v) is 2.08. The summed E-state index contributed by atoms with van der Waals surface area (Å²) in [5, 5.41) is 2.05. The summed E-state index contributed by atoms with van der Waals surface area (Å²) >= 11 is 1.55. The average Bonchev–Trinajstić information content (AvgIpc) is 2.58. The Morgan fingerprint density at radius 3 is 2.55 bits per heavy atom. The molecular weight excluding hydrogens is 156 g/mol. The minimum absolute atomic E-state index is 1.13. The first-order chi connectivity index (χ1) is 5.47. The zero-order chi connectivity index (χ0) is 7.52. The van der Waals surface area contributed by atoms with Crippen molar-refractivity contribution in [3.8, 4) is 0 Å². The Bertz CT molecular complexity index is 269. The van der Waals surface area contributed by atoms with E-state index in [2.05, 4.69) is 27.8 Å². The fourth-order valence-electron chi connectivity index (χ4n) is 0.960. The van der Waals surface area contributed by atoms with Crippen LogP contribution in [0.4, 0.5) is 0 Å². The zero-order valence-electron chi connectivity index (χ0n) is 5.87. The predicted octanol–water partition coefficient (Wildman–Crippen LogP) is 1.74. The van der Waals surface area contributed by atoms with Gasteiger partial charge >= 0.3 is 0 Å². The van der Waals surface area contributed by atoms with Crippen LogP contribution < -0.4 is 10.3 Å². The summed E-state index contributed by atoms with van der Waals surface area (Å²) in [5.41, 5.74) is 5.39. The number of hydrazine groups is 1. The van der Waals surface area contributed by atoms with Gasteiger partial charge < -0.3 is 5.43 Å². The molecule has 1 aliphatic heterocycles. The Morgan fingerprint density at radius 1 is 1.09 bits per heavy atom. The number of hydrogen-bond donors (Lipinski definition) is 2. The molecule has 2 rings (SSSR count). The molecule has 0 atom stereocenters. The van der Waals surface area contributed by atoms with Crippen molar-refractivity contribution < 1.29 is 0 Å². The number of hydrogen-bond acceptors (Lipinski definition) is 3. The van der Waals surface area contributed by atoms with Crippen molar-refractivity contribution in [2.75, 3.05) is 0 Å². The largest absolute Gasteiger partial charge is 0.310 e. The molecule has 0 aliphatic carbocycles. The van der Waals surface area contributed by atoms with Gasteiger partial charge in [0, 0.05) is 5.41 Å². The summed E-state index contributed by atoms with van der Waals surface area (Å²) in [5.74, 6) is 0. The van der Waals surface area contributed by atoms with Gasteiger partial charge in [0.05, 0.1) is 5.70 Å². The lowest BCUT2D eigenvalue weighted by Gasteiger charge is -2.01. The maximum Gasteiger partial charge on any atom is 0.0645 e. The van der Waals surface area contributed by atoms with Crippen LogP contribution in [-0.2, 0) is 0 Å². The topological polar surface area (TPSA) is 24.1 Å². The van der Waals surface area contributed by atoms with E-state index in [0.29, 0.717) is 0 Å². The van der Waals surface area contributed by atoms with Crippen molar-refractivity contribution in [1.29, 1.82) is 0 Å². The molecule has 0 spiro atoms. The van der Waals surface area contributed by atoms with E-state index in [9.17, 15) is 0 Å². The highest BCUT2D eigenvalue weighted by atomic mass is 32.2. The first-order valence-corrected chi connectivity index (χ1v) is 4.27. The standard InChI is InChI=1S/C8H8N2S/c1-2-4-7(5-3-1)8-6-11-10-9-8/h1-6,9-10H. The van der Waals surface area contributed by atoms with E-state index < -0.39 is 0 Å². The Balaban J connectivity index is 2.29.